The fraction of sp³-hybridized carbons (Fsp3) is 0.0714. The third kappa shape index (κ3) is 3.93. The van der Waals surface area contributed by atoms with Crippen LogP contribution in [-0.2, 0) is 10.0 Å². The van der Waals surface area contributed by atoms with Crippen molar-refractivity contribution in [1.29, 1.82) is 0 Å². The second-order valence-corrected chi connectivity index (χ2v) is 7.78. The Bertz CT molecular complexity index is 1160. The summed E-state index contributed by atoms with van der Waals surface area (Å²) >= 11 is 1.16. The average Bonchev–Trinajstić information content (AvgIpc) is 3.21. The third-order valence-corrected chi connectivity index (χ3v) is 5.50. The number of benzene rings is 1. The number of carbonyl (C=O) groups is 1. The van der Waals surface area contributed by atoms with Gasteiger partial charge in [0.1, 0.15) is 0 Å². The summed E-state index contributed by atoms with van der Waals surface area (Å²) in [5, 5.41) is 12.1. The SMILES string of the molecule is Cc1[nH]n(C(N)=O)c(=O)c1N=Nc1ccc(S(=O)(=O)Nc2nccs2)cc1. The predicted octanol–water partition coefficient (Wildman–Crippen LogP) is 2.08. The van der Waals surface area contributed by atoms with Crippen molar-refractivity contribution in [2.75, 3.05) is 4.72 Å². The number of nitrogens with two attached hydrogens (primary N) is 1. The molecule has 11 nitrogen and oxygen atoms in total. The smallest absolute Gasteiger partial charge is 0.341 e. The van der Waals surface area contributed by atoms with Gasteiger partial charge in [0, 0.05) is 11.6 Å². The number of aryl methyl sites for hydroxylation is 1. The number of aromatic nitrogens is 3. The van der Waals surface area contributed by atoms with Gasteiger partial charge in [-0.2, -0.15) is 9.80 Å². The molecule has 3 rings (SSSR count). The minimum absolute atomic E-state index is 0.0190. The molecule has 2 aromatic heterocycles. The second kappa shape index (κ2) is 7.13. The van der Waals surface area contributed by atoms with Crippen LogP contribution < -0.4 is 16.0 Å². The Labute approximate surface area is 156 Å². The maximum Gasteiger partial charge on any atom is 0.341 e. The van der Waals surface area contributed by atoms with E-state index in [1.807, 2.05) is 0 Å². The van der Waals surface area contributed by atoms with Gasteiger partial charge in [0.2, 0.25) is 0 Å². The molecule has 0 aliphatic heterocycles. The highest BCUT2D eigenvalue weighted by molar-refractivity contribution is 7.93. The van der Waals surface area contributed by atoms with Crippen LogP contribution in [0, 0.1) is 6.92 Å². The number of rotatable bonds is 5. The van der Waals surface area contributed by atoms with E-state index in [1.165, 1.54) is 37.4 Å². The second-order valence-electron chi connectivity index (χ2n) is 5.20. The predicted molar refractivity (Wildman–Crippen MR) is 98.3 cm³/mol. The van der Waals surface area contributed by atoms with Crippen molar-refractivity contribution >= 4 is 43.9 Å². The molecule has 3 aromatic rings. The number of thiazole rings is 1. The molecule has 4 N–H and O–H groups in total. The number of H-pyrrole nitrogens is 1. The molecule has 2 heterocycles. The highest BCUT2D eigenvalue weighted by Crippen LogP contribution is 2.22. The molecule has 0 aliphatic rings. The van der Waals surface area contributed by atoms with E-state index >= 15 is 0 Å². The summed E-state index contributed by atoms with van der Waals surface area (Å²) in [4.78, 5) is 27.0. The Balaban J connectivity index is 1.81. The number of nitrogens with zero attached hydrogens (tertiary/aromatic N) is 4. The fourth-order valence-electron chi connectivity index (χ4n) is 2.06. The van der Waals surface area contributed by atoms with Gasteiger partial charge in [0.25, 0.3) is 10.0 Å². The van der Waals surface area contributed by atoms with Crippen molar-refractivity contribution in [2.45, 2.75) is 11.8 Å². The molecule has 13 heteroatoms. The number of sulfonamides is 1. The van der Waals surface area contributed by atoms with E-state index < -0.39 is 21.6 Å². The summed E-state index contributed by atoms with van der Waals surface area (Å²) in [5.74, 6) is 0. The number of amides is 1. The van der Waals surface area contributed by atoms with Gasteiger partial charge in [0.15, 0.2) is 10.8 Å². The van der Waals surface area contributed by atoms with Crippen LogP contribution in [-0.4, -0.2) is 29.2 Å². The molecule has 0 atom stereocenters. The molecule has 140 valence electrons. The van der Waals surface area contributed by atoms with Crippen LogP contribution in [0.5, 0.6) is 0 Å². The Hall–Kier alpha value is -3.32. The first kappa shape index (κ1) is 18.5. The minimum Gasteiger partial charge on any atom is -0.350 e. The molecule has 0 aliphatic carbocycles. The van der Waals surface area contributed by atoms with Crippen molar-refractivity contribution in [1.82, 2.24) is 14.8 Å². The Morgan fingerprint density at radius 2 is 2.00 bits per heavy atom. The molecule has 27 heavy (non-hydrogen) atoms. The van der Waals surface area contributed by atoms with Crippen LogP contribution in [0.2, 0.25) is 0 Å². The number of azo groups is 1. The lowest BCUT2D eigenvalue weighted by atomic mass is 10.3. The number of hydrogen-bond donors (Lipinski definition) is 3. The van der Waals surface area contributed by atoms with Gasteiger partial charge in [-0.05, 0) is 31.2 Å². The topological polar surface area (TPSA) is 165 Å². The van der Waals surface area contributed by atoms with Gasteiger partial charge in [-0.1, -0.05) is 0 Å². The van der Waals surface area contributed by atoms with E-state index in [2.05, 4.69) is 25.0 Å². The summed E-state index contributed by atoms with van der Waals surface area (Å²) in [7, 11) is -3.77. The lowest BCUT2D eigenvalue weighted by molar-refractivity contribution is 0.247. The van der Waals surface area contributed by atoms with Crippen molar-refractivity contribution in [3.63, 3.8) is 0 Å². The Morgan fingerprint density at radius 3 is 2.56 bits per heavy atom. The van der Waals surface area contributed by atoms with Crippen LogP contribution in [0.1, 0.15) is 5.69 Å². The zero-order chi connectivity index (χ0) is 19.6. The highest BCUT2D eigenvalue weighted by Gasteiger charge is 2.16. The van der Waals surface area contributed by atoms with E-state index in [4.69, 9.17) is 5.73 Å². The Kier molecular flexibility index (Phi) is 4.87. The van der Waals surface area contributed by atoms with Gasteiger partial charge in [-0.15, -0.1) is 16.5 Å². The van der Waals surface area contributed by atoms with E-state index in [0.717, 1.165) is 11.3 Å². The molecular weight excluding hydrogens is 394 g/mol. The molecular formula is C14H13N7O4S2. The molecule has 1 aromatic carbocycles. The summed E-state index contributed by atoms with van der Waals surface area (Å²) in [6.45, 7) is 1.54. The first-order valence-electron chi connectivity index (χ1n) is 7.33. The first-order chi connectivity index (χ1) is 12.8. The first-order valence-corrected chi connectivity index (χ1v) is 9.70. The van der Waals surface area contributed by atoms with E-state index in [-0.39, 0.29) is 15.7 Å². The number of primary amides is 1. The summed E-state index contributed by atoms with van der Waals surface area (Å²) in [6, 6.07) is 4.57. The van der Waals surface area contributed by atoms with Crippen molar-refractivity contribution in [2.24, 2.45) is 16.0 Å². The van der Waals surface area contributed by atoms with Gasteiger partial charge in [-0.3, -0.25) is 14.6 Å². The van der Waals surface area contributed by atoms with Crippen LogP contribution in [0.3, 0.4) is 0 Å². The quantitative estimate of drug-likeness (QED) is 0.550. The highest BCUT2D eigenvalue weighted by atomic mass is 32.2. The Morgan fingerprint density at radius 1 is 1.30 bits per heavy atom. The van der Waals surface area contributed by atoms with E-state index in [0.29, 0.717) is 16.1 Å². The van der Waals surface area contributed by atoms with E-state index in [9.17, 15) is 18.0 Å². The molecule has 0 saturated carbocycles. The number of carbonyl (C=O) groups excluding carboxylic acids is 1. The summed E-state index contributed by atoms with van der Waals surface area (Å²) in [5.41, 5.74) is 4.89. The average molecular weight is 407 g/mol. The van der Waals surface area contributed by atoms with Gasteiger partial charge >= 0.3 is 11.6 Å². The number of nitrogens with one attached hydrogen (secondary N) is 2. The van der Waals surface area contributed by atoms with E-state index in [1.54, 1.807) is 5.38 Å². The fourth-order valence-corrected chi connectivity index (χ4v) is 3.85. The van der Waals surface area contributed by atoms with Crippen molar-refractivity contribution < 1.29 is 13.2 Å². The standard InChI is InChI=1S/C14H13N7O4S2/c1-8-11(12(22)21(19-8)13(15)23)18-17-9-2-4-10(5-3-9)27(24,25)20-14-16-6-7-26-14/h2-7,19H,1H3,(H2,15,23)(H,16,20). The van der Waals surface area contributed by atoms with Gasteiger partial charge < -0.3 is 5.73 Å². The minimum atomic E-state index is -3.77. The molecule has 0 unspecified atom stereocenters. The zero-order valence-electron chi connectivity index (χ0n) is 13.8. The summed E-state index contributed by atoms with van der Waals surface area (Å²) < 4.78 is 27.5. The van der Waals surface area contributed by atoms with Crippen molar-refractivity contribution in [3.8, 4) is 0 Å². The normalized spacial score (nSPS) is 11.7. The lowest BCUT2D eigenvalue weighted by Gasteiger charge is -2.04. The number of hydrogen-bond acceptors (Lipinski definition) is 8. The monoisotopic (exact) mass is 407 g/mol. The van der Waals surface area contributed by atoms with Crippen LogP contribution in [0.15, 0.2) is 55.8 Å². The van der Waals surface area contributed by atoms with Crippen molar-refractivity contribution in [3.05, 3.63) is 51.9 Å². The third-order valence-electron chi connectivity index (χ3n) is 3.33. The van der Waals surface area contributed by atoms with Crippen LogP contribution >= 0.6 is 11.3 Å². The number of anilines is 1. The van der Waals surface area contributed by atoms with Crippen LogP contribution in [0.4, 0.5) is 21.3 Å². The zero-order valence-corrected chi connectivity index (χ0v) is 15.4. The molecule has 0 spiro atoms. The molecule has 0 radical (unpaired) electrons. The molecule has 0 saturated heterocycles. The van der Waals surface area contributed by atoms with Gasteiger partial charge in [0.05, 0.1) is 16.3 Å². The molecule has 1 amide bonds. The largest absolute Gasteiger partial charge is 0.350 e. The molecule has 0 fully saturated rings. The lowest BCUT2D eigenvalue weighted by Crippen LogP contribution is -2.29. The maximum atomic E-state index is 12.3. The maximum absolute atomic E-state index is 12.3. The van der Waals surface area contributed by atoms with Gasteiger partial charge in [-0.25, -0.2) is 18.2 Å². The molecule has 0 bridgehead atoms. The van der Waals surface area contributed by atoms with Crippen LogP contribution in [0.25, 0.3) is 0 Å². The summed E-state index contributed by atoms with van der Waals surface area (Å²) in [6.07, 6.45) is 1.49. The number of aromatic amines is 1.